The van der Waals surface area contributed by atoms with E-state index in [1.54, 1.807) is 0 Å². The average Bonchev–Trinajstić information content (AvgIpc) is 3.28. The number of nitrogens with one attached hydrogen (secondary N) is 3. The number of rotatable bonds is 4. The summed E-state index contributed by atoms with van der Waals surface area (Å²) in [4.78, 5) is 16.6. The largest absolute Gasteiger partial charge is 0.348 e. The topological polar surface area (TPSA) is 116 Å². The van der Waals surface area contributed by atoms with Gasteiger partial charge in [0, 0.05) is 23.6 Å². The zero-order chi connectivity index (χ0) is 19.7. The van der Waals surface area contributed by atoms with Gasteiger partial charge >= 0.3 is 0 Å². The van der Waals surface area contributed by atoms with Crippen molar-refractivity contribution in [3.63, 3.8) is 0 Å². The maximum atomic E-state index is 12.2. The maximum absolute atomic E-state index is 12.2. The molecule has 0 bridgehead atoms. The predicted molar refractivity (Wildman–Crippen MR) is 111 cm³/mol. The summed E-state index contributed by atoms with van der Waals surface area (Å²) in [6, 6.07) is 5.16. The zero-order valence-corrected chi connectivity index (χ0v) is 16.7. The van der Waals surface area contributed by atoms with Crippen molar-refractivity contribution in [2.24, 2.45) is 15.2 Å². The van der Waals surface area contributed by atoms with E-state index in [1.165, 1.54) is 11.3 Å². The molecule has 1 atom stereocenters. The van der Waals surface area contributed by atoms with Crippen molar-refractivity contribution in [2.45, 2.75) is 32.7 Å². The number of anilines is 1. The fourth-order valence-electron chi connectivity index (χ4n) is 2.78. The first-order chi connectivity index (χ1) is 13.5. The maximum Gasteiger partial charge on any atom is 0.263 e. The second-order valence-corrected chi connectivity index (χ2v) is 7.85. The Morgan fingerprint density at radius 3 is 2.86 bits per heavy atom. The van der Waals surface area contributed by atoms with E-state index in [0.29, 0.717) is 28.1 Å². The molecule has 1 unspecified atom stereocenters. The van der Waals surface area contributed by atoms with Gasteiger partial charge in [-0.25, -0.2) is 10.4 Å². The molecule has 3 heterocycles. The summed E-state index contributed by atoms with van der Waals surface area (Å²) in [6.45, 7) is 3.85. The highest BCUT2D eigenvalue weighted by Gasteiger charge is 2.27. The highest BCUT2D eigenvalue weighted by molar-refractivity contribution is 7.18. The molecule has 0 radical (unpaired) electrons. The summed E-state index contributed by atoms with van der Waals surface area (Å²) in [7, 11) is 0. The van der Waals surface area contributed by atoms with Crippen LogP contribution in [0.15, 0.2) is 33.4 Å². The third-order valence-corrected chi connectivity index (χ3v) is 5.42. The van der Waals surface area contributed by atoms with Crippen LogP contribution in [0.25, 0.3) is 0 Å². The number of hydrazone groups is 2. The molecular weight excluding hydrogens is 400 g/mol. The fraction of sp³-hybridized carbons (Fsp3) is 0.294. The first kappa shape index (κ1) is 18.5. The van der Waals surface area contributed by atoms with Crippen LogP contribution in [-0.4, -0.2) is 39.4 Å². The van der Waals surface area contributed by atoms with E-state index in [9.17, 15) is 4.79 Å². The van der Waals surface area contributed by atoms with Gasteiger partial charge in [-0.2, -0.15) is 10.2 Å². The summed E-state index contributed by atoms with van der Waals surface area (Å²) in [6.07, 6.45) is 1.08. The van der Waals surface area contributed by atoms with E-state index in [-0.39, 0.29) is 5.91 Å². The van der Waals surface area contributed by atoms with Crippen molar-refractivity contribution in [3.05, 3.63) is 34.3 Å². The minimum atomic E-state index is -0.507. The van der Waals surface area contributed by atoms with Gasteiger partial charge in [0.2, 0.25) is 10.3 Å². The number of benzene rings is 1. The van der Waals surface area contributed by atoms with Gasteiger partial charge < -0.3 is 5.32 Å². The molecule has 2 aromatic rings. The Morgan fingerprint density at radius 1 is 1.25 bits per heavy atom. The second-order valence-electron chi connectivity index (χ2n) is 6.48. The van der Waals surface area contributed by atoms with E-state index < -0.39 is 6.04 Å². The summed E-state index contributed by atoms with van der Waals surface area (Å²) >= 11 is 7.36. The van der Waals surface area contributed by atoms with Gasteiger partial charge in [-0.3, -0.25) is 10.2 Å². The summed E-state index contributed by atoms with van der Waals surface area (Å²) in [5.41, 5.74) is 9.02. The number of carbonyl (C=O) groups is 1. The van der Waals surface area contributed by atoms with Gasteiger partial charge in [-0.15, -0.1) is 10.2 Å². The number of hydrogen-bond acceptors (Lipinski definition) is 8. The number of halogens is 1. The normalized spacial score (nSPS) is 20.5. The van der Waals surface area contributed by atoms with Gasteiger partial charge in [0.1, 0.15) is 11.9 Å². The smallest absolute Gasteiger partial charge is 0.263 e. The van der Waals surface area contributed by atoms with E-state index in [1.807, 2.05) is 32.0 Å². The van der Waals surface area contributed by atoms with Crippen molar-refractivity contribution >= 4 is 56.4 Å². The highest BCUT2D eigenvalue weighted by Crippen LogP contribution is 2.26. The lowest BCUT2D eigenvalue weighted by atomic mass is 10.00. The molecular formula is C17H17ClN8OS. The summed E-state index contributed by atoms with van der Waals surface area (Å²) < 4.78 is 0. The molecule has 0 saturated heterocycles. The minimum absolute atomic E-state index is 0.223. The molecule has 2 aliphatic heterocycles. The fourth-order valence-corrected chi connectivity index (χ4v) is 3.60. The molecule has 0 aliphatic carbocycles. The molecule has 9 nitrogen and oxygen atoms in total. The quantitative estimate of drug-likeness (QED) is 0.708. The molecule has 1 amide bonds. The van der Waals surface area contributed by atoms with Crippen molar-refractivity contribution < 1.29 is 4.79 Å². The number of aromatic nitrogens is 2. The number of amides is 1. The van der Waals surface area contributed by atoms with E-state index >= 15 is 0 Å². The lowest BCUT2D eigenvalue weighted by molar-refractivity contribution is -0.122. The van der Waals surface area contributed by atoms with Gasteiger partial charge in [-0.1, -0.05) is 29.0 Å². The molecule has 2 aliphatic rings. The highest BCUT2D eigenvalue weighted by atomic mass is 35.5. The molecule has 11 heteroatoms. The van der Waals surface area contributed by atoms with Crippen LogP contribution in [0.2, 0.25) is 5.02 Å². The third-order valence-electron chi connectivity index (χ3n) is 4.25. The number of hydrogen-bond donors (Lipinski definition) is 3. The Hall–Kier alpha value is -2.85. The van der Waals surface area contributed by atoms with Crippen LogP contribution in [-0.2, 0) is 4.79 Å². The third kappa shape index (κ3) is 4.02. The number of nitrogens with zero attached hydrogens (tertiary/aromatic N) is 5. The van der Waals surface area contributed by atoms with Crippen molar-refractivity contribution in [1.82, 2.24) is 21.0 Å². The Bertz CT molecular complexity index is 1030. The molecule has 0 saturated carbocycles. The van der Waals surface area contributed by atoms with Crippen LogP contribution in [0.1, 0.15) is 30.9 Å². The van der Waals surface area contributed by atoms with Crippen LogP contribution in [0.5, 0.6) is 0 Å². The van der Waals surface area contributed by atoms with Crippen molar-refractivity contribution in [1.29, 1.82) is 0 Å². The molecule has 3 N–H and O–H groups in total. The first-order valence-corrected chi connectivity index (χ1v) is 9.77. The van der Waals surface area contributed by atoms with Crippen molar-refractivity contribution in [3.8, 4) is 0 Å². The summed E-state index contributed by atoms with van der Waals surface area (Å²) in [5.74, 6) is 0.502. The SMILES string of the molecule is CC1=NN/C(=N/c2nnc(NC3CC(c4ccc(Cl)c(C)c4)=NNC3=O)s2)C1. The van der Waals surface area contributed by atoms with Crippen molar-refractivity contribution in [2.75, 3.05) is 5.32 Å². The minimum Gasteiger partial charge on any atom is -0.348 e. The lowest BCUT2D eigenvalue weighted by Crippen LogP contribution is -2.43. The van der Waals surface area contributed by atoms with Crippen LogP contribution in [0.3, 0.4) is 0 Å². The van der Waals surface area contributed by atoms with E-state index in [0.717, 1.165) is 28.4 Å². The second kappa shape index (κ2) is 7.64. The number of amidine groups is 1. The van der Waals surface area contributed by atoms with E-state index in [4.69, 9.17) is 11.6 Å². The molecule has 4 rings (SSSR count). The molecule has 0 spiro atoms. The number of aliphatic imine (C=N–C) groups is 1. The number of aryl methyl sites for hydroxylation is 1. The average molecular weight is 417 g/mol. The van der Waals surface area contributed by atoms with Gasteiger partial charge in [-0.05, 0) is 37.1 Å². The lowest BCUT2D eigenvalue weighted by Gasteiger charge is -2.22. The zero-order valence-electron chi connectivity index (χ0n) is 15.2. The van der Waals surface area contributed by atoms with E-state index in [2.05, 4.69) is 41.6 Å². The Labute approximate surface area is 170 Å². The van der Waals surface area contributed by atoms with Gasteiger partial charge in [0.25, 0.3) is 5.91 Å². The standard InChI is InChI=1S/C17H17ClN8OS/c1-8-5-10(3-4-11(8)18)12-7-13(15(27)24-22-12)19-16-25-26-17(28-16)20-14-6-9(2)21-23-14/h3-5,13H,6-7H2,1-2H3,(H,19,25)(H,24,27)(H,20,23,26). The van der Waals surface area contributed by atoms with Gasteiger partial charge in [0.15, 0.2) is 0 Å². The van der Waals surface area contributed by atoms with Crippen LogP contribution < -0.4 is 16.2 Å². The molecule has 1 aromatic heterocycles. The molecule has 144 valence electrons. The Morgan fingerprint density at radius 2 is 2.11 bits per heavy atom. The first-order valence-electron chi connectivity index (χ1n) is 8.57. The molecule has 1 aromatic carbocycles. The Balaban J connectivity index is 1.45. The van der Waals surface area contributed by atoms with Gasteiger partial charge in [0.05, 0.1) is 5.71 Å². The Kier molecular flexibility index (Phi) is 5.05. The van der Waals surface area contributed by atoms with Crippen LogP contribution in [0, 0.1) is 6.92 Å². The van der Waals surface area contributed by atoms with Crippen LogP contribution >= 0.6 is 22.9 Å². The molecule has 28 heavy (non-hydrogen) atoms. The predicted octanol–water partition coefficient (Wildman–Crippen LogP) is 2.60. The molecule has 0 fully saturated rings. The van der Waals surface area contributed by atoms with Crippen LogP contribution in [0.4, 0.5) is 10.3 Å². The summed E-state index contributed by atoms with van der Waals surface area (Å²) in [5, 5.41) is 21.2. The number of carbonyl (C=O) groups excluding carboxylic acids is 1. The monoisotopic (exact) mass is 416 g/mol.